The zero-order chi connectivity index (χ0) is 10.2. The number of aliphatic hydroxyl groups is 1. The van der Waals surface area contributed by atoms with Crippen LogP contribution in [0, 0.1) is 5.92 Å². The van der Waals surface area contributed by atoms with Gasteiger partial charge in [0.25, 0.3) is 0 Å². The zero-order valence-electron chi connectivity index (χ0n) is 9.53. The first-order valence-electron chi connectivity index (χ1n) is 5.90. The molecule has 0 atom stereocenters. The van der Waals surface area contributed by atoms with Crippen molar-refractivity contribution in [3.05, 3.63) is 0 Å². The van der Waals surface area contributed by atoms with E-state index in [0.717, 1.165) is 25.6 Å². The molecule has 0 unspecified atom stereocenters. The molecule has 1 aliphatic carbocycles. The van der Waals surface area contributed by atoms with Crippen LogP contribution in [0.4, 0.5) is 0 Å². The Kier molecular flexibility index (Phi) is 9.51. The number of nitrogens with zero attached hydrogens (tertiary/aromatic N) is 1. The van der Waals surface area contributed by atoms with Gasteiger partial charge in [0, 0.05) is 19.6 Å². The van der Waals surface area contributed by atoms with Gasteiger partial charge in [-0.05, 0) is 18.9 Å². The first-order valence-corrected chi connectivity index (χ1v) is 5.90. The molecular weight excluding hydrogens is 212 g/mol. The summed E-state index contributed by atoms with van der Waals surface area (Å²) >= 11 is 0. The fourth-order valence-corrected chi connectivity index (χ4v) is 2.32. The molecule has 1 fully saturated rings. The predicted molar refractivity (Wildman–Crippen MR) is 66.4 cm³/mol. The molecule has 1 saturated carbocycles. The van der Waals surface area contributed by atoms with Gasteiger partial charge >= 0.3 is 0 Å². The van der Waals surface area contributed by atoms with Gasteiger partial charge in [-0.25, -0.2) is 0 Å². The van der Waals surface area contributed by atoms with E-state index in [4.69, 9.17) is 10.8 Å². The van der Waals surface area contributed by atoms with Gasteiger partial charge in [0.1, 0.15) is 0 Å². The maximum absolute atomic E-state index is 8.87. The standard InChI is InChI=1S/C11H24N2O.ClH/c12-6-8-13(9-10-14)7-5-11-3-1-2-4-11;/h11,14H,1-10,12H2;1H. The summed E-state index contributed by atoms with van der Waals surface area (Å²) in [5.74, 6) is 0.939. The van der Waals surface area contributed by atoms with Crippen LogP contribution in [0.3, 0.4) is 0 Å². The third kappa shape index (κ3) is 6.36. The maximum Gasteiger partial charge on any atom is 0.0558 e. The van der Waals surface area contributed by atoms with Crippen LogP contribution in [0.2, 0.25) is 0 Å². The van der Waals surface area contributed by atoms with Crippen LogP contribution in [0.15, 0.2) is 0 Å². The highest BCUT2D eigenvalue weighted by Gasteiger charge is 2.15. The van der Waals surface area contributed by atoms with Crippen LogP contribution < -0.4 is 5.73 Å². The molecular formula is C11H25ClN2O. The predicted octanol–water partition coefficient (Wildman–Crippen LogP) is 1.24. The van der Waals surface area contributed by atoms with E-state index in [0.29, 0.717) is 6.54 Å². The number of hydrogen-bond acceptors (Lipinski definition) is 3. The lowest BCUT2D eigenvalue weighted by molar-refractivity contribution is 0.190. The molecule has 4 heteroatoms. The molecule has 1 rings (SSSR count). The molecule has 15 heavy (non-hydrogen) atoms. The van der Waals surface area contributed by atoms with Gasteiger partial charge in [-0.2, -0.15) is 0 Å². The highest BCUT2D eigenvalue weighted by molar-refractivity contribution is 5.85. The molecule has 0 saturated heterocycles. The maximum atomic E-state index is 8.87. The summed E-state index contributed by atoms with van der Waals surface area (Å²) in [5, 5.41) is 8.87. The lowest BCUT2D eigenvalue weighted by atomic mass is 10.0. The smallest absolute Gasteiger partial charge is 0.0558 e. The number of hydrogen-bond donors (Lipinski definition) is 2. The number of aliphatic hydroxyl groups excluding tert-OH is 1. The van der Waals surface area contributed by atoms with E-state index in [1.54, 1.807) is 0 Å². The van der Waals surface area contributed by atoms with E-state index in [-0.39, 0.29) is 19.0 Å². The van der Waals surface area contributed by atoms with Gasteiger partial charge in [0.2, 0.25) is 0 Å². The molecule has 3 N–H and O–H groups in total. The van der Waals surface area contributed by atoms with Gasteiger partial charge in [0.15, 0.2) is 0 Å². The average Bonchev–Trinajstić information content (AvgIpc) is 2.67. The Morgan fingerprint density at radius 1 is 1.13 bits per heavy atom. The summed E-state index contributed by atoms with van der Waals surface area (Å²) in [6.45, 7) is 3.77. The number of halogens is 1. The van der Waals surface area contributed by atoms with Crippen molar-refractivity contribution in [1.29, 1.82) is 0 Å². The van der Waals surface area contributed by atoms with Gasteiger partial charge in [-0.1, -0.05) is 25.7 Å². The first kappa shape index (κ1) is 15.2. The fraction of sp³-hybridized carbons (Fsp3) is 1.00. The second-order valence-electron chi connectivity index (χ2n) is 4.29. The van der Waals surface area contributed by atoms with Gasteiger partial charge in [0.05, 0.1) is 6.61 Å². The Hall–Kier alpha value is 0.170. The van der Waals surface area contributed by atoms with Crippen LogP contribution in [0.25, 0.3) is 0 Å². The highest BCUT2D eigenvalue weighted by Crippen LogP contribution is 2.27. The van der Waals surface area contributed by atoms with Crippen molar-refractivity contribution < 1.29 is 5.11 Å². The largest absolute Gasteiger partial charge is 0.395 e. The molecule has 0 aliphatic heterocycles. The highest BCUT2D eigenvalue weighted by atomic mass is 35.5. The Labute approximate surface area is 99.4 Å². The summed E-state index contributed by atoms with van der Waals surface area (Å²) in [4.78, 5) is 2.28. The number of nitrogens with two attached hydrogens (primary N) is 1. The lowest BCUT2D eigenvalue weighted by Gasteiger charge is -2.22. The Balaban J connectivity index is 0.00000196. The summed E-state index contributed by atoms with van der Waals surface area (Å²) < 4.78 is 0. The minimum atomic E-state index is 0. The molecule has 92 valence electrons. The lowest BCUT2D eigenvalue weighted by Crippen LogP contribution is -2.33. The molecule has 3 nitrogen and oxygen atoms in total. The van der Waals surface area contributed by atoms with Crippen molar-refractivity contribution >= 4 is 12.4 Å². The average molecular weight is 237 g/mol. The molecule has 0 aromatic carbocycles. The first-order chi connectivity index (χ1) is 6.86. The minimum absolute atomic E-state index is 0. The van der Waals surface area contributed by atoms with Crippen molar-refractivity contribution in [1.82, 2.24) is 4.90 Å². The summed E-state index contributed by atoms with van der Waals surface area (Å²) in [6.07, 6.45) is 6.95. The Morgan fingerprint density at radius 2 is 1.80 bits per heavy atom. The van der Waals surface area contributed by atoms with E-state index < -0.39 is 0 Å². The van der Waals surface area contributed by atoms with Crippen molar-refractivity contribution in [2.75, 3.05) is 32.8 Å². The molecule has 0 aromatic heterocycles. The monoisotopic (exact) mass is 236 g/mol. The van der Waals surface area contributed by atoms with Gasteiger partial charge in [-0.15, -0.1) is 12.4 Å². The quantitative estimate of drug-likeness (QED) is 0.700. The summed E-state index contributed by atoms with van der Waals surface area (Å²) in [6, 6.07) is 0. The van der Waals surface area contributed by atoms with Crippen molar-refractivity contribution in [2.24, 2.45) is 11.7 Å². The third-order valence-corrected chi connectivity index (χ3v) is 3.19. The van der Waals surface area contributed by atoms with E-state index in [1.807, 2.05) is 0 Å². The van der Waals surface area contributed by atoms with Crippen LogP contribution in [0.5, 0.6) is 0 Å². The molecule has 0 radical (unpaired) electrons. The second-order valence-corrected chi connectivity index (χ2v) is 4.29. The molecule has 0 heterocycles. The van der Waals surface area contributed by atoms with Crippen LogP contribution in [-0.2, 0) is 0 Å². The minimum Gasteiger partial charge on any atom is -0.395 e. The molecule has 0 aromatic rings. The fourth-order valence-electron chi connectivity index (χ4n) is 2.32. The molecule has 0 amide bonds. The van der Waals surface area contributed by atoms with Crippen molar-refractivity contribution in [2.45, 2.75) is 32.1 Å². The Morgan fingerprint density at radius 3 is 2.33 bits per heavy atom. The van der Waals surface area contributed by atoms with Crippen LogP contribution in [0.1, 0.15) is 32.1 Å². The van der Waals surface area contributed by atoms with E-state index in [2.05, 4.69) is 4.90 Å². The van der Waals surface area contributed by atoms with Gasteiger partial charge < -0.3 is 10.8 Å². The van der Waals surface area contributed by atoms with E-state index >= 15 is 0 Å². The summed E-state index contributed by atoms with van der Waals surface area (Å²) in [7, 11) is 0. The summed E-state index contributed by atoms with van der Waals surface area (Å²) in [5.41, 5.74) is 5.52. The third-order valence-electron chi connectivity index (χ3n) is 3.19. The number of rotatable bonds is 7. The molecule has 0 bridgehead atoms. The molecule has 1 aliphatic rings. The van der Waals surface area contributed by atoms with E-state index in [1.165, 1.54) is 32.1 Å². The zero-order valence-corrected chi connectivity index (χ0v) is 10.3. The Bertz CT molecular complexity index is 135. The van der Waals surface area contributed by atoms with Crippen molar-refractivity contribution in [3.8, 4) is 0 Å². The normalized spacial score (nSPS) is 17.0. The SMILES string of the molecule is Cl.NCCN(CCO)CCC1CCCC1. The molecule has 0 spiro atoms. The topological polar surface area (TPSA) is 49.5 Å². The second kappa shape index (κ2) is 9.40. The van der Waals surface area contributed by atoms with E-state index in [9.17, 15) is 0 Å². The van der Waals surface area contributed by atoms with Crippen LogP contribution >= 0.6 is 12.4 Å². The van der Waals surface area contributed by atoms with Crippen LogP contribution in [-0.4, -0.2) is 42.8 Å². The van der Waals surface area contributed by atoms with Gasteiger partial charge in [-0.3, -0.25) is 4.90 Å². The van der Waals surface area contributed by atoms with Crippen molar-refractivity contribution in [3.63, 3.8) is 0 Å².